The molecule has 0 nitrogen and oxygen atoms in total. The Morgan fingerprint density at radius 2 is 0.848 bits per heavy atom. The number of aryl methyl sites for hydroxylation is 2. The molecular weight excluding hydrogens is 648 g/mol. The molecule has 0 bridgehead atoms. The Kier molecular flexibility index (Phi) is 14.2. The van der Waals surface area contributed by atoms with Gasteiger partial charge in [0, 0.05) is 9.52 Å². The second-order valence-corrected chi connectivity index (χ2v) is 14.5. The molecule has 0 heterocycles. The zero-order valence-corrected chi connectivity index (χ0v) is 33.3. The van der Waals surface area contributed by atoms with E-state index in [2.05, 4.69) is 166 Å². The molecule has 6 aromatic rings. The van der Waals surface area contributed by atoms with Gasteiger partial charge in [0.2, 0.25) is 0 Å². The van der Waals surface area contributed by atoms with E-state index < -0.39 is 0 Å². The number of rotatable bonds is 6. The summed E-state index contributed by atoms with van der Waals surface area (Å²) in [4.78, 5) is 0. The maximum atomic E-state index is 2.38. The molecular formula is C44H52SiZr. The molecule has 46 heavy (non-hydrogen) atoms. The summed E-state index contributed by atoms with van der Waals surface area (Å²) in [7, 11) is 1.08. The Labute approximate surface area is 301 Å². The van der Waals surface area contributed by atoms with Gasteiger partial charge in [-0.25, -0.2) is 0 Å². The quantitative estimate of drug-likeness (QED) is 0.120. The molecule has 0 aliphatic rings. The van der Waals surface area contributed by atoms with E-state index in [0.717, 1.165) is 22.4 Å². The average molecular weight is 700 g/mol. The van der Waals surface area contributed by atoms with Crippen LogP contribution in [0.1, 0.15) is 61.1 Å². The number of hydrogen-bond acceptors (Lipinski definition) is 0. The standard InChI is InChI=1S/2C21H23.C2H6Si.Zr/c2*1-14(2)11-17-12-18-8-6-10-20(21(18)13-17)19-9-5-7-15(3)16(19)4;1-3-2;/h2*5-10,12-14H,11H2,1-4H3;1-2H3;/q2*-1;;+2. The van der Waals surface area contributed by atoms with Gasteiger partial charge in [0.15, 0.2) is 0 Å². The van der Waals surface area contributed by atoms with Crippen molar-refractivity contribution in [2.24, 2.45) is 11.8 Å². The topological polar surface area (TPSA) is 0 Å². The van der Waals surface area contributed by atoms with Gasteiger partial charge < -0.3 is 0 Å². The van der Waals surface area contributed by atoms with Gasteiger partial charge in [0.1, 0.15) is 0 Å². The molecule has 2 heteroatoms. The fourth-order valence-electron chi connectivity index (χ4n) is 6.33. The molecule has 0 saturated heterocycles. The Balaban J connectivity index is 0.000000226. The van der Waals surface area contributed by atoms with Crippen molar-refractivity contribution in [3.8, 4) is 22.3 Å². The molecule has 0 N–H and O–H groups in total. The van der Waals surface area contributed by atoms with E-state index in [4.69, 9.17) is 0 Å². The first kappa shape index (κ1) is 37.7. The summed E-state index contributed by atoms with van der Waals surface area (Å²) in [6.45, 7) is 22.3. The molecule has 0 unspecified atom stereocenters. The Morgan fingerprint density at radius 3 is 1.20 bits per heavy atom. The number of hydrogen-bond donors (Lipinski definition) is 0. The first-order valence-corrected chi connectivity index (χ1v) is 18.6. The fourth-order valence-corrected chi connectivity index (χ4v) is 6.33. The van der Waals surface area contributed by atoms with Crippen LogP contribution in [0.2, 0.25) is 13.1 Å². The van der Waals surface area contributed by atoms with Crippen LogP contribution in [0.15, 0.2) is 97.1 Å². The SMILES string of the molecule is C[Si]C.Cc1cccc(-c2cccc3[cH-]c(CC(C)C)cc23)c1C.Cc1cccc(-c2cccc3[cH-]c(CC(C)C)cc23)c1C.[Zr+2]. The van der Waals surface area contributed by atoms with Crippen molar-refractivity contribution < 1.29 is 26.2 Å². The van der Waals surface area contributed by atoms with Gasteiger partial charge >= 0.3 is 26.2 Å². The summed E-state index contributed by atoms with van der Waals surface area (Å²) in [5.41, 5.74) is 13.9. The monoisotopic (exact) mass is 698 g/mol. The maximum absolute atomic E-state index is 2.38. The summed E-state index contributed by atoms with van der Waals surface area (Å²) < 4.78 is 0. The van der Waals surface area contributed by atoms with Crippen LogP contribution >= 0.6 is 0 Å². The van der Waals surface area contributed by atoms with E-state index in [1.165, 1.54) is 77.2 Å². The molecule has 0 fully saturated rings. The van der Waals surface area contributed by atoms with E-state index in [1.807, 2.05) is 0 Å². The molecule has 236 valence electrons. The maximum Gasteiger partial charge on any atom is 2.00 e. The molecule has 2 radical (unpaired) electrons. The van der Waals surface area contributed by atoms with Crippen LogP contribution in [-0.2, 0) is 39.0 Å². The summed E-state index contributed by atoms with van der Waals surface area (Å²) in [5, 5.41) is 5.51. The van der Waals surface area contributed by atoms with Crippen LogP contribution in [0.25, 0.3) is 43.8 Å². The van der Waals surface area contributed by atoms with Crippen molar-refractivity contribution in [2.75, 3.05) is 0 Å². The van der Waals surface area contributed by atoms with Crippen LogP contribution < -0.4 is 0 Å². The van der Waals surface area contributed by atoms with E-state index in [9.17, 15) is 0 Å². The second-order valence-electron chi connectivity index (χ2n) is 13.5. The van der Waals surface area contributed by atoms with Gasteiger partial charge in [-0.3, -0.25) is 0 Å². The minimum Gasteiger partial charge on any atom is -0.164 e. The van der Waals surface area contributed by atoms with Crippen molar-refractivity contribution >= 4 is 31.1 Å². The molecule has 0 atom stereocenters. The van der Waals surface area contributed by atoms with Crippen LogP contribution in [0.4, 0.5) is 0 Å². The number of benzene rings is 4. The molecule has 0 amide bonds. The van der Waals surface area contributed by atoms with Crippen LogP contribution in [0.5, 0.6) is 0 Å². The van der Waals surface area contributed by atoms with Gasteiger partial charge in [-0.15, -0.1) is 69.1 Å². The number of fused-ring (bicyclic) bond motifs is 2. The van der Waals surface area contributed by atoms with E-state index in [-0.39, 0.29) is 26.2 Å². The largest absolute Gasteiger partial charge is 2.00 e. The average Bonchev–Trinajstić information content (AvgIpc) is 3.59. The normalized spacial score (nSPS) is 10.9. The fraction of sp³-hybridized carbons (Fsp3) is 0.318. The minimum atomic E-state index is 0. The van der Waals surface area contributed by atoms with Gasteiger partial charge in [-0.05, 0) is 85.8 Å². The molecule has 0 spiro atoms. The molecule has 0 saturated carbocycles. The third-order valence-electron chi connectivity index (χ3n) is 8.70. The van der Waals surface area contributed by atoms with Crippen LogP contribution in [0, 0.1) is 39.5 Å². The molecule has 6 rings (SSSR count). The molecule has 6 aromatic carbocycles. The van der Waals surface area contributed by atoms with Crippen LogP contribution in [-0.4, -0.2) is 9.52 Å². The summed E-state index contributed by atoms with van der Waals surface area (Å²) >= 11 is 0. The van der Waals surface area contributed by atoms with Crippen molar-refractivity contribution in [3.05, 3.63) is 130 Å². The second kappa shape index (κ2) is 17.4. The molecule has 0 aliphatic heterocycles. The zero-order valence-electron chi connectivity index (χ0n) is 29.8. The Morgan fingerprint density at radius 1 is 0.522 bits per heavy atom. The van der Waals surface area contributed by atoms with Crippen molar-refractivity contribution in [3.63, 3.8) is 0 Å². The van der Waals surface area contributed by atoms with E-state index >= 15 is 0 Å². The summed E-state index contributed by atoms with van der Waals surface area (Å²) in [6, 6.07) is 36.0. The van der Waals surface area contributed by atoms with Crippen LogP contribution in [0.3, 0.4) is 0 Å². The van der Waals surface area contributed by atoms with Crippen molar-refractivity contribution in [1.82, 2.24) is 0 Å². The predicted molar refractivity (Wildman–Crippen MR) is 203 cm³/mol. The third kappa shape index (κ3) is 9.17. The first-order valence-electron chi connectivity index (χ1n) is 16.6. The Bertz CT molecular complexity index is 1710. The van der Waals surface area contributed by atoms with Gasteiger partial charge in [-0.1, -0.05) is 100 Å². The third-order valence-corrected chi connectivity index (χ3v) is 8.70. The van der Waals surface area contributed by atoms with Gasteiger partial charge in [0.05, 0.1) is 0 Å². The predicted octanol–water partition coefficient (Wildman–Crippen LogP) is 12.9. The summed E-state index contributed by atoms with van der Waals surface area (Å²) in [5.74, 6) is 1.40. The zero-order chi connectivity index (χ0) is 32.7. The van der Waals surface area contributed by atoms with E-state index in [0.29, 0.717) is 11.8 Å². The van der Waals surface area contributed by atoms with Gasteiger partial charge in [-0.2, -0.15) is 12.1 Å². The Hall–Kier alpha value is -2.80. The molecule has 0 aliphatic carbocycles. The first-order chi connectivity index (χ1) is 21.5. The summed E-state index contributed by atoms with van der Waals surface area (Å²) in [6.07, 6.45) is 2.31. The molecule has 0 aromatic heterocycles. The van der Waals surface area contributed by atoms with E-state index in [1.54, 1.807) is 0 Å². The van der Waals surface area contributed by atoms with Gasteiger partial charge in [0.25, 0.3) is 0 Å². The van der Waals surface area contributed by atoms with Crippen molar-refractivity contribution in [2.45, 2.75) is 81.3 Å². The van der Waals surface area contributed by atoms with Crippen molar-refractivity contribution in [1.29, 1.82) is 0 Å². The smallest absolute Gasteiger partial charge is 0.164 e. The minimum absolute atomic E-state index is 0.